The Bertz CT molecular complexity index is 690. The molecule has 0 bridgehead atoms. The van der Waals surface area contributed by atoms with Crippen LogP contribution in [0.4, 0.5) is 16.2 Å². The number of ether oxygens (including phenoxy) is 1. The molecule has 4 N–H and O–H groups in total. The number of imide groups is 1. The van der Waals surface area contributed by atoms with E-state index in [2.05, 4.69) is 20.7 Å². The Morgan fingerprint density at radius 2 is 1.91 bits per heavy atom. The Hall–Kier alpha value is -2.49. The lowest BCUT2D eigenvalue weighted by atomic mass is 10.2. The van der Waals surface area contributed by atoms with E-state index < -0.39 is 28.0 Å². The van der Waals surface area contributed by atoms with Gasteiger partial charge in [-0.15, -0.1) is 0 Å². The fraction of sp³-hybridized carbons (Fsp3) is 0.385. The molecule has 1 unspecified atom stereocenters. The van der Waals surface area contributed by atoms with Crippen LogP contribution in [-0.2, 0) is 14.8 Å². The molecule has 1 atom stereocenters. The average molecular weight is 344 g/mol. The number of urea groups is 1. The summed E-state index contributed by atoms with van der Waals surface area (Å²) in [6.45, 7) is 1.56. The van der Waals surface area contributed by atoms with Gasteiger partial charge in [0.05, 0.1) is 19.1 Å². The van der Waals surface area contributed by atoms with Crippen molar-refractivity contribution in [1.29, 1.82) is 0 Å². The van der Waals surface area contributed by atoms with Gasteiger partial charge in [0.1, 0.15) is 11.8 Å². The maximum atomic E-state index is 11.8. The largest absolute Gasteiger partial charge is 0.495 e. The first-order valence-corrected chi connectivity index (χ1v) is 8.50. The maximum absolute atomic E-state index is 11.8. The minimum absolute atomic E-state index is 0.235. The fourth-order valence-electron chi connectivity index (χ4n) is 1.68. The summed E-state index contributed by atoms with van der Waals surface area (Å²) in [5.41, 5.74) is 0.718. The molecule has 1 aromatic carbocycles. The van der Waals surface area contributed by atoms with Crippen LogP contribution >= 0.6 is 0 Å². The molecule has 0 saturated carbocycles. The standard InChI is InChI=1S/C13H20N4O5S/c1-8(12(18)16-13(19)14-2)15-9-5-6-11(22-3)10(7-9)17-23(4,20)21/h5-8,15,17H,1-4H3,(H2,14,16,18,19). The predicted octanol–water partition coefficient (Wildman–Crippen LogP) is 0.323. The number of benzene rings is 1. The Kier molecular flexibility index (Phi) is 6.19. The minimum atomic E-state index is -3.48. The van der Waals surface area contributed by atoms with Gasteiger partial charge < -0.3 is 15.4 Å². The van der Waals surface area contributed by atoms with Crippen molar-refractivity contribution in [3.8, 4) is 5.75 Å². The molecule has 1 rings (SSSR count). The summed E-state index contributed by atoms with van der Waals surface area (Å²) in [7, 11) is -0.672. The molecule has 0 heterocycles. The number of carbonyl (C=O) groups is 2. The molecule has 0 saturated heterocycles. The molecular formula is C13H20N4O5S. The average Bonchev–Trinajstić information content (AvgIpc) is 2.45. The number of hydrogen-bond donors (Lipinski definition) is 4. The van der Waals surface area contributed by atoms with Crippen molar-refractivity contribution in [3.63, 3.8) is 0 Å². The molecule has 0 aliphatic carbocycles. The highest BCUT2D eigenvalue weighted by molar-refractivity contribution is 7.92. The van der Waals surface area contributed by atoms with Crippen LogP contribution in [0, 0.1) is 0 Å². The summed E-state index contributed by atoms with van der Waals surface area (Å²) in [6.07, 6.45) is 1.02. The van der Waals surface area contributed by atoms with Gasteiger partial charge in [0.25, 0.3) is 0 Å². The van der Waals surface area contributed by atoms with Crippen LogP contribution in [0.3, 0.4) is 0 Å². The number of hydrogen-bond acceptors (Lipinski definition) is 6. The van der Waals surface area contributed by atoms with Crippen LogP contribution in [0.1, 0.15) is 6.92 Å². The molecule has 1 aromatic rings. The Balaban J connectivity index is 2.90. The van der Waals surface area contributed by atoms with E-state index in [9.17, 15) is 18.0 Å². The summed E-state index contributed by atoms with van der Waals surface area (Å²) in [4.78, 5) is 22.9. The molecule has 23 heavy (non-hydrogen) atoms. The monoisotopic (exact) mass is 344 g/mol. The van der Waals surface area contributed by atoms with Gasteiger partial charge >= 0.3 is 6.03 Å². The van der Waals surface area contributed by atoms with E-state index in [-0.39, 0.29) is 5.69 Å². The topological polar surface area (TPSA) is 126 Å². The summed E-state index contributed by atoms with van der Waals surface area (Å²) in [5, 5.41) is 7.28. The van der Waals surface area contributed by atoms with Crippen LogP contribution < -0.4 is 25.4 Å². The molecule has 0 spiro atoms. The third kappa shape index (κ3) is 6.02. The highest BCUT2D eigenvalue weighted by Crippen LogP contribution is 2.28. The van der Waals surface area contributed by atoms with Gasteiger partial charge in [-0.25, -0.2) is 13.2 Å². The second-order valence-electron chi connectivity index (χ2n) is 4.72. The van der Waals surface area contributed by atoms with Gasteiger partial charge in [0.2, 0.25) is 15.9 Å². The van der Waals surface area contributed by atoms with Crippen LogP contribution in [0.5, 0.6) is 5.75 Å². The molecular weight excluding hydrogens is 324 g/mol. The van der Waals surface area contributed by atoms with E-state index in [0.29, 0.717) is 11.4 Å². The zero-order chi connectivity index (χ0) is 17.6. The van der Waals surface area contributed by atoms with Crippen molar-refractivity contribution in [1.82, 2.24) is 10.6 Å². The number of sulfonamides is 1. The number of rotatable bonds is 6. The summed E-state index contributed by atoms with van der Waals surface area (Å²) in [6, 6.07) is 3.34. The number of carbonyl (C=O) groups excluding carboxylic acids is 2. The van der Waals surface area contributed by atoms with Crippen molar-refractivity contribution < 1.29 is 22.7 Å². The van der Waals surface area contributed by atoms with Crippen LogP contribution in [0.15, 0.2) is 18.2 Å². The number of nitrogens with one attached hydrogen (secondary N) is 4. The predicted molar refractivity (Wildman–Crippen MR) is 87.1 cm³/mol. The smallest absolute Gasteiger partial charge is 0.321 e. The van der Waals surface area contributed by atoms with Crippen molar-refractivity contribution >= 4 is 33.3 Å². The molecule has 0 aromatic heterocycles. The molecule has 3 amide bonds. The highest BCUT2D eigenvalue weighted by Gasteiger charge is 2.16. The first-order chi connectivity index (χ1) is 10.7. The molecule has 10 heteroatoms. The maximum Gasteiger partial charge on any atom is 0.321 e. The summed E-state index contributed by atoms with van der Waals surface area (Å²) >= 11 is 0. The summed E-state index contributed by atoms with van der Waals surface area (Å²) < 4.78 is 30.1. The lowest BCUT2D eigenvalue weighted by molar-refractivity contribution is -0.120. The Morgan fingerprint density at radius 1 is 1.26 bits per heavy atom. The van der Waals surface area contributed by atoms with Crippen LogP contribution in [0.2, 0.25) is 0 Å². The van der Waals surface area contributed by atoms with Crippen LogP contribution in [-0.4, -0.2) is 46.8 Å². The van der Waals surface area contributed by atoms with Gasteiger partial charge in [-0.2, -0.15) is 0 Å². The van der Waals surface area contributed by atoms with Gasteiger partial charge in [0.15, 0.2) is 0 Å². The van der Waals surface area contributed by atoms with Gasteiger partial charge in [-0.1, -0.05) is 0 Å². The van der Waals surface area contributed by atoms with Crippen molar-refractivity contribution in [3.05, 3.63) is 18.2 Å². The zero-order valence-corrected chi connectivity index (χ0v) is 14.1. The van der Waals surface area contributed by atoms with Crippen molar-refractivity contribution in [2.45, 2.75) is 13.0 Å². The van der Waals surface area contributed by atoms with E-state index >= 15 is 0 Å². The van der Waals surface area contributed by atoms with Gasteiger partial charge in [-0.3, -0.25) is 14.8 Å². The molecule has 0 fully saturated rings. The third-order valence-corrected chi connectivity index (χ3v) is 3.33. The number of methoxy groups -OCH3 is 1. The SMILES string of the molecule is CNC(=O)NC(=O)C(C)Nc1ccc(OC)c(NS(C)(=O)=O)c1. The Labute approximate surface area is 134 Å². The number of anilines is 2. The van der Waals surface area contributed by atoms with Crippen molar-refractivity contribution in [2.24, 2.45) is 0 Å². The molecule has 128 valence electrons. The van der Waals surface area contributed by atoms with Crippen LogP contribution in [0.25, 0.3) is 0 Å². The van der Waals surface area contributed by atoms with E-state index in [1.54, 1.807) is 19.1 Å². The lowest BCUT2D eigenvalue weighted by Crippen LogP contribution is -2.44. The molecule has 0 radical (unpaired) electrons. The molecule has 0 aliphatic rings. The first kappa shape index (κ1) is 18.6. The second kappa shape index (κ2) is 7.68. The van der Waals surface area contributed by atoms with Gasteiger partial charge in [-0.05, 0) is 25.1 Å². The lowest BCUT2D eigenvalue weighted by Gasteiger charge is -2.17. The molecule has 9 nitrogen and oxygen atoms in total. The van der Waals surface area contributed by atoms with Crippen molar-refractivity contribution in [2.75, 3.05) is 30.5 Å². The quantitative estimate of drug-likeness (QED) is 0.589. The third-order valence-electron chi connectivity index (χ3n) is 2.74. The van der Waals surface area contributed by atoms with E-state index in [1.165, 1.54) is 20.2 Å². The second-order valence-corrected chi connectivity index (χ2v) is 6.47. The summed E-state index contributed by atoms with van der Waals surface area (Å²) in [5.74, 6) is -0.193. The van der Waals surface area contributed by atoms with E-state index in [1.807, 2.05) is 0 Å². The minimum Gasteiger partial charge on any atom is -0.495 e. The highest BCUT2D eigenvalue weighted by atomic mass is 32.2. The van der Waals surface area contributed by atoms with E-state index in [4.69, 9.17) is 4.74 Å². The normalized spacial score (nSPS) is 12.0. The first-order valence-electron chi connectivity index (χ1n) is 6.61. The fourth-order valence-corrected chi connectivity index (χ4v) is 2.23. The van der Waals surface area contributed by atoms with E-state index in [0.717, 1.165) is 6.26 Å². The zero-order valence-electron chi connectivity index (χ0n) is 13.3. The molecule has 0 aliphatic heterocycles. The Morgan fingerprint density at radius 3 is 2.43 bits per heavy atom. The number of amides is 3. The van der Waals surface area contributed by atoms with Gasteiger partial charge in [0, 0.05) is 12.7 Å².